The molecular weight excluding hydrogens is 136 g/mol. The van der Waals surface area contributed by atoms with E-state index in [4.69, 9.17) is 0 Å². The van der Waals surface area contributed by atoms with Gasteiger partial charge in [0.25, 0.3) is 0 Å². The van der Waals surface area contributed by atoms with Gasteiger partial charge in [0.15, 0.2) is 0 Å². The molecule has 58 valence electrons. The summed E-state index contributed by atoms with van der Waals surface area (Å²) in [4.78, 5) is 0. The van der Waals surface area contributed by atoms with Crippen molar-refractivity contribution in [1.82, 2.24) is 0 Å². The van der Waals surface area contributed by atoms with Gasteiger partial charge in [-0.1, -0.05) is 36.5 Å². The van der Waals surface area contributed by atoms with Crippen LogP contribution in [0.5, 0.6) is 0 Å². The van der Waals surface area contributed by atoms with Crippen molar-refractivity contribution in [2.45, 2.75) is 12.5 Å². The molecule has 0 aromatic heterocycles. The lowest BCUT2D eigenvalue weighted by Gasteiger charge is -2.11. The Morgan fingerprint density at radius 3 is 2.73 bits per heavy atom. The highest BCUT2D eigenvalue weighted by Crippen LogP contribution is 2.23. The number of hydrogen-bond donors (Lipinski definition) is 1. The summed E-state index contributed by atoms with van der Waals surface area (Å²) >= 11 is 0. The summed E-state index contributed by atoms with van der Waals surface area (Å²) in [6.07, 6.45) is 13.3. The van der Waals surface area contributed by atoms with Crippen LogP contribution >= 0.6 is 0 Å². The highest BCUT2D eigenvalue weighted by atomic mass is 16.3. The van der Waals surface area contributed by atoms with E-state index in [-0.39, 0.29) is 12.0 Å². The van der Waals surface area contributed by atoms with Crippen molar-refractivity contribution in [3.63, 3.8) is 0 Å². The highest BCUT2D eigenvalue weighted by molar-refractivity contribution is 5.20. The van der Waals surface area contributed by atoms with E-state index in [1.807, 2.05) is 6.08 Å². The van der Waals surface area contributed by atoms with Crippen LogP contribution in [0.2, 0.25) is 0 Å². The van der Waals surface area contributed by atoms with Gasteiger partial charge in [0.1, 0.15) is 0 Å². The maximum absolute atomic E-state index is 9.51. The zero-order valence-electron chi connectivity index (χ0n) is 6.35. The van der Waals surface area contributed by atoms with Gasteiger partial charge in [-0.15, -0.1) is 0 Å². The van der Waals surface area contributed by atoms with Gasteiger partial charge in [-0.25, -0.2) is 0 Å². The third-order valence-electron chi connectivity index (χ3n) is 2.30. The molecule has 0 aromatic carbocycles. The van der Waals surface area contributed by atoms with Crippen molar-refractivity contribution < 1.29 is 5.11 Å². The molecule has 3 unspecified atom stereocenters. The van der Waals surface area contributed by atoms with Gasteiger partial charge >= 0.3 is 0 Å². The molecule has 0 heterocycles. The first-order chi connectivity index (χ1) is 5.36. The smallest absolute Gasteiger partial charge is 0.0818 e. The van der Waals surface area contributed by atoms with Crippen molar-refractivity contribution in [3.05, 3.63) is 36.5 Å². The zero-order valence-corrected chi connectivity index (χ0v) is 6.35. The predicted molar refractivity (Wildman–Crippen MR) is 45.0 cm³/mol. The summed E-state index contributed by atoms with van der Waals surface area (Å²) in [6, 6.07) is 0. The summed E-state index contributed by atoms with van der Waals surface area (Å²) in [5.41, 5.74) is 0. The van der Waals surface area contributed by atoms with Gasteiger partial charge in [0, 0.05) is 5.92 Å². The van der Waals surface area contributed by atoms with Crippen molar-refractivity contribution in [2.24, 2.45) is 11.8 Å². The topological polar surface area (TPSA) is 20.2 Å². The van der Waals surface area contributed by atoms with Crippen LogP contribution in [-0.2, 0) is 0 Å². The van der Waals surface area contributed by atoms with Crippen molar-refractivity contribution in [2.75, 3.05) is 0 Å². The Bertz CT molecular complexity index is 223. The maximum atomic E-state index is 9.51. The largest absolute Gasteiger partial charge is 0.388 e. The zero-order chi connectivity index (χ0) is 7.68. The molecule has 0 fully saturated rings. The van der Waals surface area contributed by atoms with Crippen molar-refractivity contribution in [1.29, 1.82) is 0 Å². The molecule has 2 bridgehead atoms. The van der Waals surface area contributed by atoms with Gasteiger partial charge in [-0.05, 0) is 12.3 Å². The fourth-order valence-corrected chi connectivity index (χ4v) is 1.56. The van der Waals surface area contributed by atoms with E-state index in [0.29, 0.717) is 5.92 Å². The molecule has 2 aliphatic rings. The quantitative estimate of drug-likeness (QED) is 0.518. The molecule has 0 saturated carbocycles. The number of fused-ring (bicyclic) bond motifs is 2. The van der Waals surface area contributed by atoms with Crippen molar-refractivity contribution >= 4 is 0 Å². The van der Waals surface area contributed by atoms with Gasteiger partial charge in [-0.2, -0.15) is 0 Å². The monoisotopic (exact) mass is 148 g/mol. The molecule has 1 heteroatoms. The average molecular weight is 148 g/mol. The molecule has 2 rings (SSSR count). The Balaban J connectivity index is 2.33. The first-order valence-corrected chi connectivity index (χ1v) is 4.07. The van der Waals surface area contributed by atoms with Crippen LogP contribution in [0.3, 0.4) is 0 Å². The molecule has 11 heavy (non-hydrogen) atoms. The second-order valence-electron chi connectivity index (χ2n) is 3.17. The highest BCUT2D eigenvalue weighted by Gasteiger charge is 2.16. The Labute approximate surface area is 66.7 Å². The minimum atomic E-state index is -0.312. The van der Waals surface area contributed by atoms with Crippen LogP contribution in [0, 0.1) is 11.8 Å². The molecule has 0 spiro atoms. The van der Waals surface area contributed by atoms with E-state index in [0.717, 1.165) is 6.42 Å². The van der Waals surface area contributed by atoms with E-state index in [1.54, 1.807) is 0 Å². The Hall–Kier alpha value is -0.820. The summed E-state index contributed by atoms with van der Waals surface area (Å²) in [7, 11) is 0. The molecule has 0 aromatic rings. The Morgan fingerprint density at radius 2 is 1.82 bits per heavy atom. The van der Waals surface area contributed by atoms with E-state index >= 15 is 0 Å². The van der Waals surface area contributed by atoms with E-state index in [2.05, 4.69) is 30.4 Å². The van der Waals surface area contributed by atoms with Gasteiger partial charge in [-0.3, -0.25) is 0 Å². The summed E-state index contributed by atoms with van der Waals surface area (Å²) in [6.45, 7) is 0. The Morgan fingerprint density at radius 1 is 1.00 bits per heavy atom. The van der Waals surface area contributed by atoms with Gasteiger partial charge < -0.3 is 5.11 Å². The molecule has 3 atom stereocenters. The number of allylic oxidation sites excluding steroid dienone is 3. The number of aliphatic hydroxyl groups is 1. The number of aliphatic hydroxyl groups excluding tert-OH is 1. The molecule has 1 nitrogen and oxygen atoms in total. The Kier molecular flexibility index (Phi) is 1.66. The fourth-order valence-electron chi connectivity index (χ4n) is 1.56. The van der Waals surface area contributed by atoms with E-state index in [9.17, 15) is 5.11 Å². The van der Waals surface area contributed by atoms with Crippen molar-refractivity contribution in [3.8, 4) is 0 Å². The lowest BCUT2D eigenvalue weighted by atomic mass is 10.0. The van der Waals surface area contributed by atoms with Crippen LogP contribution in [0.4, 0.5) is 0 Å². The third kappa shape index (κ3) is 1.29. The van der Waals surface area contributed by atoms with E-state index < -0.39 is 0 Å². The number of rotatable bonds is 0. The lowest BCUT2D eigenvalue weighted by Crippen LogP contribution is -2.12. The summed E-state index contributed by atoms with van der Waals surface area (Å²) in [5, 5.41) is 9.51. The minimum Gasteiger partial charge on any atom is -0.388 e. The second-order valence-corrected chi connectivity index (χ2v) is 3.17. The van der Waals surface area contributed by atoms with Gasteiger partial charge in [0.05, 0.1) is 6.10 Å². The number of hydrogen-bond acceptors (Lipinski definition) is 1. The second kappa shape index (κ2) is 2.67. The first kappa shape index (κ1) is 6.86. The molecule has 2 aliphatic carbocycles. The average Bonchev–Trinajstić information content (AvgIpc) is 2.29. The fraction of sp³-hybridized carbons (Fsp3) is 0.400. The van der Waals surface area contributed by atoms with Crippen LogP contribution in [0.15, 0.2) is 36.5 Å². The minimum absolute atomic E-state index is 0.207. The van der Waals surface area contributed by atoms with Crippen LogP contribution in [0.25, 0.3) is 0 Å². The third-order valence-corrected chi connectivity index (χ3v) is 2.30. The predicted octanol–water partition coefficient (Wildman–Crippen LogP) is 1.67. The SMILES string of the molecule is OC1C=CC2C=CC1C=CC2. The molecule has 1 N–H and O–H groups in total. The molecular formula is C10H12O. The molecule has 0 saturated heterocycles. The molecule has 0 amide bonds. The molecule has 0 aliphatic heterocycles. The maximum Gasteiger partial charge on any atom is 0.0818 e. The van der Waals surface area contributed by atoms with Crippen LogP contribution < -0.4 is 0 Å². The summed E-state index contributed by atoms with van der Waals surface area (Å²) < 4.78 is 0. The molecule has 0 radical (unpaired) electrons. The standard InChI is InChI=1S/C10H12O/c11-10-7-5-8-2-1-3-9(10)6-4-8/h1,3-11H,2H2. The van der Waals surface area contributed by atoms with E-state index in [1.165, 1.54) is 0 Å². The lowest BCUT2D eigenvalue weighted by molar-refractivity contribution is 0.197. The first-order valence-electron chi connectivity index (χ1n) is 4.07. The normalized spacial score (nSPS) is 40.6. The van der Waals surface area contributed by atoms with Crippen LogP contribution in [0.1, 0.15) is 6.42 Å². The summed E-state index contributed by atoms with van der Waals surface area (Å²) in [5.74, 6) is 0.715. The van der Waals surface area contributed by atoms with Gasteiger partial charge in [0.2, 0.25) is 0 Å². The van der Waals surface area contributed by atoms with Crippen LogP contribution in [-0.4, -0.2) is 11.2 Å².